The number of amides is 3. The van der Waals surface area contributed by atoms with E-state index in [2.05, 4.69) is 16.0 Å². The quantitative estimate of drug-likeness (QED) is 0.138. The van der Waals surface area contributed by atoms with Crippen LogP contribution in [0, 0.1) is 5.92 Å². The van der Waals surface area contributed by atoms with Crippen LogP contribution in [0.2, 0.25) is 0 Å². The molecule has 2 rings (SSSR count). The van der Waals surface area contributed by atoms with E-state index in [0.29, 0.717) is 37.8 Å². The molecule has 0 saturated carbocycles. The number of carbonyl (C=O) groups is 4. The highest BCUT2D eigenvalue weighted by Crippen LogP contribution is 2.14. The van der Waals surface area contributed by atoms with Gasteiger partial charge in [0, 0.05) is 12.8 Å². The summed E-state index contributed by atoms with van der Waals surface area (Å²) in [6, 6.07) is 10.9. The normalized spacial score (nSPS) is 14.6. The Morgan fingerprint density at radius 1 is 0.805 bits per heavy atom. The molecule has 9 N–H and O–H groups in total. The van der Waals surface area contributed by atoms with Crippen molar-refractivity contribution in [3.63, 3.8) is 0 Å². The van der Waals surface area contributed by atoms with Crippen molar-refractivity contribution in [2.45, 2.75) is 76.5 Å². The number of nitrogens with two attached hydrogens (primary N) is 2. The van der Waals surface area contributed by atoms with Gasteiger partial charge in [0.2, 0.25) is 17.7 Å². The molecule has 11 heteroatoms. The highest BCUT2D eigenvalue weighted by molar-refractivity contribution is 5.94. The summed E-state index contributed by atoms with van der Waals surface area (Å²) >= 11 is 0. The Labute approximate surface area is 241 Å². The van der Waals surface area contributed by atoms with Gasteiger partial charge in [-0.25, -0.2) is 4.79 Å². The monoisotopic (exact) mass is 569 g/mol. The second-order valence-electron chi connectivity index (χ2n) is 10.3. The third-order valence-electron chi connectivity index (χ3n) is 7.01. The van der Waals surface area contributed by atoms with Crippen molar-refractivity contribution in [1.82, 2.24) is 16.0 Å². The molecule has 0 saturated heterocycles. The molecule has 5 atom stereocenters. The number of benzene rings is 2. The fourth-order valence-corrected chi connectivity index (χ4v) is 4.26. The Morgan fingerprint density at radius 3 is 1.98 bits per heavy atom. The number of carboxylic acid groups (broad SMARTS) is 1. The minimum atomic E-state index is -1.20. The van der Waals surface area contributed by atoms with Crippen molar-refractivity contribution in [3.05, 3.63) is 65.7 Å². The lowest BCUT2D eigenvalue weighted by molar-refractivity contribution is -0.142. The van der Waals surface area contributed by atoms with Crippen molar-refractivity contribution in [3.8, 4) is 5.75 Å². The van der Waals surface area contributed by atoms with Crippen LogP contribution < -0.4 is 27.4 Å². The molecule has 2 aromatic rings. The van der Waals surface area contributed by atoms with Gasteiger partial charge in [-0.1, -0.05) is 69.2 Å². The van der Waals surface area contributed by atoms with Crippen molar-refractivity contribution in [2.75, 3.05) is 6.54 Å². The molecule has 0 aromatic heterocycles. The van der Waals surface area contributed by atoms with Crippen molar-refractivity contribution < 1.29 is 29.4 Å². The molecule has 0 radical (unpaired) electrons. The van der Waals surface area contributed by atoms with E-state index in [-0.39, 0.29) is 24.5 Å². The number of nitrogens with one attached hydrogen (secondary N) is 3. The molecular weight excluding hydrogens is 526 g/mol. The Morgan fingerprint density at radius 2 is 1.39 bits per heavy atom. The van der Waals surface area contributed by atoms with Crippen LogP contribution in [0.1, 0.15) is 50.7 Å². The summed E-state index contributed by atoms with van der Waals surface area (Å²) in [5, 5.41) is 27.4. The molecule has 0 aliphatic carbocycles. The molecule has 0 aliphatic heterocycles. The average molecular weight is 570 g/mol. The van der Waals surface area contributed by atoms with Crippen LogP contribution in [-0.4, -0.2) is 64.6 Å². The van der Waals surface area contributed by atoms with Gasteiger partial charge in [0.25, 0.3) is 0 Å². The SMILES string of the molecule is CCC(C)C(NC(=O)C(Cc1ccc(O)cc1)NC(=O)C(N)CCCCN)C(=O)NC(Cc1ccccc1)C(=O)O. The smallest absolute Gasteiger partial charge is 0.326 e. The lowest BCUT2D eigenvalue weighted by Crippen LogP contribution is -2.59. The molecule has 11 nitrogen and oxygen atoms in total. The molecule has 0 heterocycles. The van der Waals surface area contributed by atoms with E-state index in [0.717, 1.165) is 5.56 Å². The molecule has 0 fully saturated rings. The highest BCUT2D eigenvalue weighted by Gasteiger charge is 2.33. The van der Waals surface area contributed by atoms with E-state index < -0.39 is 47.9 Å². The third-order valence-corrected chi connectivity index (χ3v) is 7.01. The third kappa shape index (κ3) is 11.2. The number of carbonyl (C=O) groups excluding carboxylic acids is 3. The van der Waals surface area contributed by atoms with Crippen LogP contribution in [-0.2, 0) is 32.0 Å². The number of aromatic hydroxyl groups is 1. The first-order valence-electron chi connectivity index (χ1n) is 14.0. The number of rotatable bonds is 17. The summed E-state index contributed by atoms with van der Waals surface area (Å²) in [6.07, 6.45) is 2.44. The maximum absolute atomic E-state index is 13.6. The number of unbranched alkanes of at least 4 members (excludes halogenated alkanes) is 1. The standard InChI is InChI=1S/C30H43N5O6/c1-3-19(2)26(29(39)34-25(30(40)41)18-20-9-5-4-6-10-20)35-28(38)24(17-21-12-14-22(36)15-13-21)33-27(37)23(32)11-7-8-16-31/h4-6,9-10,12-15,19,23-26,36H,3,7-8,11,16-18,31-32H2,1-2H3,(H,33,37)(H,34,39)(H,35,38)(H,40,41). The number of carboxylic acids is 1. The van der Waals surface area contributed by atoms with Gasteiger partial charge in [0.15, 0.2) is 0 Å². The van der Waals surface area contributed by atoms with Gasteiger partial charge < -0.3 is 37.6 Å². The largest absolute Gasteiger partial charge is 0.508 e. The number of phenolic OH excluding ortho intramolecular Hbond substituents is 1. The first-order chi connectivity index (χ1) is 19.5. The van der Waals surface area contributed by atoms with Crippen LogP contribution in [0.3, 0.4) is 0 Å². The molecule has 3 amide bonds. The number of hydrogen-bond acceptors (Lipinski definition) is 7. The molecule has 0 aliphatic rings. The molecule has 0 spiro atoms. The van der Waals surface area contributed by atoms with E-state index in [1.165, 1.54) is 12.1 Å². The summed E-state index contributed by atoms with van der Waals surface area (Å²) in [5.41, 5.74) is 13.0. The van der Waals surface area contributed by atoms with Gasteiger partial charge in [0.05, 0.1) is 6.04 Å². The van der Waals surface area contributed by atoms with Crippen molar-refractivity contribution >= 4 is 23.7 Å². The van der Waals surface area contributed by atoms with Gasteiger partial charge in [-0.2, -0.15) is 0 Å². The molecule has 0 bridgehead atoms. The van der Waals surface area contributed by atoms with Gasteiger partial charge in [-0.3, -0.25) is 14.4 Å². The van der Waals surface area contributed by atoms with Crippen LogP contribution in [0.5, 0.6) is 5.75 Å². The number of hydrogen-bond donors (Lipinski definition) is 7. The molecule has 41 heavy (non-hydrogen) atoms. The topological polar surface area (TPSA) is 197 Å². The molecule has 2 aromatic carbocycles. The Bertz CT molecular complexity index is 1130. The summed E-state index contributed by atoms with van der Waals surface area (Å²) in [7, 11) is 0. The first-order valence-corrected chi connectivity index (χ1v) is 14.0. The highest BCUT2D eigenvalue weighted by atomic mass is 16.4. The number of phenols is 1. The van der Waals surface area contributed by atoms with Gasteiger partial charge in [-0.15, -0.1) is 0 Å². The average Bonchev–Trinajstić information content (AvgIpc) is 2.96. The maximum atomic E-state index is 13.6. The zero-order valence-electron chi connectivity index (χ0n) is 23.7. The molecule has 224 valence electrons. The van der Waals surface area contributed by atoms with E-state index >= 15 is 0 Å². The Kier molecular flexibility index (Phi) is 13.8. The van der Waals surface area contributed by atoms with Crippen LogP contribution in [0.4, 0.5) is 0 Å². The maximum Gasteiger partial charge on any atom is 0.326 e. The first kappa shape index (κ1) is 33.2. The van der Waals surface area contributed by atoms with Crippen molar-refractivity contribution in [1.29, 1.82) is 0 Å². The van der Waals surface area contributed by atoms with Gasteiger partial charge in [-0.05, 0) is 48.6 Å². The van der Waals surface area contributed by atoms with Crippen LogP contribution >= 0.6 is 0 Å². The fraction of sp³-hybridized carbons (Fsp3) is 0.467. The lowest BCUT2D eigenvalue weighted by Gasteiger charge is -2.28. The minimum Gasteiger partial charge on any atom is -0.508 e. The Hall–Kier alpha value is -3.96. The minimum absolute atomic E-state index is 0.0534. The van der Waals surface area contributed by atoms with E-state index in [4.69, 9.17) is 11.5 Å². The number of aliphatic carboxylic acids is 1. The second-order valence-corrected chi connectivity index (χ2v) is 10.3. The van der Waals surface area contributed by atoms with Gasteiger partial charge >= 0.3 is 5.97 Å². The van der Waals surface area contributed by atoms with Gasteiger partial charge in [0.1, 0.15) is 23.9 Å². The van der Waals surface area contributed by atoms with Crippen LogP contribution in [0.15, 0.2) is 54.6 Å². The fourth-order valence-electron chi connectivity index (χ4n) is 4.26. The molecule has 5 unspecified atom stereocenters. The summed E-state index contributed by atoms with van der Waals surface area (Å²) in [5.74, 6) is -3.25. The van der Waals surface area contributed by atoms with Crippen LogP contribution in [0.25, 0.3) is 0 Å². The summed E-state index contributed by atoms with van der Waals surface area (Å²) in [6.45, 7) is 4.11. The van der Waals surface area contributed by atoms with E-state index in [1.807, 2.05) is 13.0 Å². The van der Waals surface area contributed by atoms with Crippen molar-refractivity contribution in [2.24, 2.45) is 17.4 Å². The summed E-state index contributed by atoms with van der Waals surface area (Å²) in [4.78, 5) is 51.7. The predicted molar refractivity (Wildman–Crippen MR) is 156 cm³/mol. The predicted octanol–water partition coefficient (Wildman–Crippen LogP) is 1.22. The second kappa shape index (κ2) is 17.0. The zero-order valence-corrected chi connectivity index (χ0v) is 23.7. The summed E-state index contributed by atoms with van der Waals surface area (Å²) < 4.78 is 0. The Balaban J connectivity index is 2.22. The van der Waals surface area contributed by atoms with E-state index in [1.54, 1.807) is 43.3 Å². The lowest BCUT2D eigenvalue weighted by atomic mass is 9.96. The van der Waals surface area contributed by atoms with E-state index in [9.17, 15) is 29.4 Å². The molecular formula is C30H43N5O6. The zero-order chi connectivity index (χ0) is 30.4.